The molecule has 0 fully saturated rings. The molecule has 1 aromatic heterocycles. The highest BCUT2D eigenvalue weighted by molar-refractivity contribution is 6.30. The molecular formula is C14H17ClN4O2. The van der Waals surface area contributed by atoms with E-state index in [0.717, 1.165) is 5.56 Å². The van der Waals surface area contributed by atoms with E-state index < -0.39 is 6.10 Å². The molecule has 7 heteroatoms. The number of hydrogen-bond donors (Lipinski definition) is 2. The van der Waals surface area contributed by atoms with Crippen molar-refractivity contribution >= 4 is 17.5 Å². The molecule has 0 saturated carbocycles. The number of amides is 1. The second kappa shape index (κ2) is 7.19. The van der Waals surface area contributed by atoms with E-state index in [4.69, 9.17) is 11.6 Å². The van der Waals surface area contributed by atoms with E-state index in [1.807, 2.05) is 19.1 Å². The molecular weight excluding hydrogens is 292 g/mol. The Morgan fingerprint density at radius 1 is 1.43 bits per heavy atom. The second-order valence-electron chi connectivity index (χ2n) is 4.67. The van der Waals surface area contributed by atoms with Gasteiger partial charge in [0.05, 0.1) is 12.3 Å². The molecule has 0 saturated heterocycles. The van der Waals surface area contributed by atoms with Gasteiger partial charge in [0, 0.05) is 11.6 Å². The third-order valence-electron chi connectivity index (χ3n) is 2.99. The van der Waals surface area contributed by atoms with Crippen molar-refractivity contribution in [3.8, 4) is 0 Å². The Bertz CT molecular complexity index is 597. The van der Waals surface area contributed by atoms with Crippen LogP contribution in [0.3, 0.4) is 0 Å². The molecule has 1 amide bonds. The number of aliphatic hydroxyl groups excluding tert-OH is 1. The zero-order valence-electron chi connectivity index (χ0n) is 11.7. The van der Waals surface area contributed by atoms with Gasteiger partial charge in [-0.3, -0.25) is 4.79 Å². The Morgan fingerprint density at radius 3 is 2.81 bits per heavy atom. The average Bonchev–Trinajstić information content (AvgIpc) is 2.94. The third kappa shape index (κ3) is 4.54. The summed E-state index contributed by atoms with van der Waals surface area (Å²) in [6, 6.07) is 7.26. The maximum Gasteiger partial charge on any atom is 0.242 e. The van der Waals surface area contributed by atoms with E-state index in [1.54, 1.807) is 18.3 Å². The van der Waals surface area contributed by atoms with Gasteiger partial charge in [0.1, 0.15) is 12.2 Å². The van der Waals surface area contributed by atoms with E-state index >= 15 is 0 Å². The summed E-state index contributed by atoms with van der Waals surface area (Å²) < 4.78 is 1.41. The van der Waals surface area contributed by atoms with Crippen LogP contribution in [-0.2, 0) is 17.9 Å². The smallest absolute Gasteiger partial charge is 0.242 e. The maximum absolute atomic E-state index is 11.8. The monoisotopic (exact) mass is 308 g/mol. The molecule has 0 aliphatic rings. The molecule has 0 radical (unpaired) electrons. The molecule has 1 unspecified atom stereocenters. The number of nitrogens with one attached hydrogen (secondary N) is 1. The molecule has 1 aromatic carbocycles. The standard InChI is InChI=1S/C14H17ClN4O2/c1-2-13(20)12-8-19(18-17-12)9-14(21)16-7-10-3-5-11(15)6-4-10/h3-6,8,13,20H,2,7,9H2,1H3,(H,16,21). The van der Waals surface area contributed by atoms with Gasteiger partial charge in [-0.15, -0.1) is 5.10 Å². The van der Waals surface area contributed by atoms with E-state index in [2.05, 4.69) is 15.6 Å². The van der Waals surface area contributed by atoms with Crippen LogP contribution >= 0.6 is 11.6 Å². The Kier molecular flexibility index (Phi) is 5.30. The van der Waals surface area contributed by atoms with E-state index in [1.165, 1.54) is 4.68 Å². The molecule has 1 atom stereocenters. The van der Waals surface area contributed by atoms with Crippen LogP contribution in [0, 0.1) is 0 Å². The highest BCUT2D eigenvalue weighted by atomic mass is 35.5. The van der Waals surface area contributed by atoms with Crippen LogP contribution in [0.1, 0.15) is 30.7 Å². The van der Waals surface area contributed by atoms with E-state index in [-0.39, 0.29) is 12.5 Å². The lowest BCUT2D eigenvalue weighted by Gasteiger charge is -2.05. The fourth-order valence-corrected chi connectivity index (χ4v) is 1.88. The van der Waals surface area contributed by atoms with Crippen LogP contribution < -0.4 is 5.32 Å². The summed E-state index contributed by atoms with van der Waals surface area (Å²) >= 11 is 5.80. The number of carbonyl (C=O) groups excluding carboxylic acids is 1. The number of carbonyl (C=O) groups is 1. The summed E-state index contributed by atoms with van der Waals surface area (Å²) in [6.45, 7) is 2.34. The first-order valence-electron chi connectivity index (χ1n) is 6.67. The van der Waals surface area contributed by atoms with Crippen LogP contribution in [-0.4, -0.2) is 26.0 Å². The first-order chi connectivity index (χ1) is 10.1. The van der Waals surface area contributed by atoms with Gasteiger partial charge in [-0.05, 0) is 24.1 Å². The molecule has 0 bridgehead atoms. The van der Waals surface area contributed by atoms with Crippen LogP contribution in [0.15, 0.2) is 30.5 Å². The molecule has 21 heavy (non-hydrogen) atoms. The Labute approximate surface area is 127 Å². The lowest BCUT2D eigenvalue weighted by molar-refractivity contribution is -0.122. The van der Waals surface area contributed by atoms with Crippen LogP contribution in [0.4, 0.5) is 0 Å². The van der Waals surface area contributed by atoms with Gasteiger partial charge < -0.3 is 10.4 Å². The topological polar surface area (TPSA) is 80.0 Å². The summed E-state index contributed by atoms with van der Waals surface area (Å²) in [5, 5.41) is 20.7. The van der Waals surface area contributed by atoms with Gasteiger partial charge >= 0.3 is 0 Å². The number of aromatic nitrogens is 3. The van der Waals surface area contributed by atoms with Crippen molar-refractivity contribution < 1.29 is 9.90 Å². The quantitative estimate of drug-likeness (QED) is 0.851. The van der Waals surface area contributed by atoms with E-state index in [0.29, 0.717) is 23.7 Å². The highest BCUT2D eigenvalue weighted by Gasteiger charge is 2.11. The summed E-state index contributed by atoms with van der Waals surface area (Å²) in [4.78, 5) is 11.8. The summed E-state index contributed by atoms with van der Waals surface area (Å²) in [5.74, 6) is -0.174. The predicted molar refractivity (Wildman–Crippen MR) is 78.6 cm³/mol. The summed E-state index contributed by atoms with van der Waals surface area (Å²) in [5.41, 5.74) is 1.44. The molecule has 0 aliphatic carbocycles. The first kappa shape index (κ1) is 15.5. The fraction of sp³-hybridized carbons (Fsp3) is 0.357. The summed E-state index contributed by atoms with van der Waals surface area (Å²) in [6.07, 6.45) is 1.49. The largest absolute Gasteiger partial charge is 0.387 e. The third-order valence-corrected chi connectivity index (χ3v) is 3.24. The van der Waals surface area contributed by atoms with Crippen molar-refractivity contribution in [2.75, 3.05) is 0 Å². The lowest BCUT2D eigenvalue weighted by Crippen LogP contribution is -2.27. The molecule has 2 N–H and O–H groups in total. The van der Waals surface area contributed by atoms with Crippen molar-refractivity contribution in [2.45, 2.75) is 32.5 Å². The van der Waals surface area contributed by atoms with Crippen molar-refractivity contribution in [1.29, 1.82) is 0 Å². The number of aliphatic hydroxyl groups is 1. The number of hydrogen-bond acceptors (Lipinski definition) is 4. The minimum Gasteiger partial charge on any atom is -0.387 e. The highest BCUT2D eigenvalue weighted by Crippen LogP contribution is 2.12. The van der Waals surface area contributed by atoms with Crippen LogP contribution in [0.25, 0.3) is 0 Å². The van der Waals surface area contributed by atoms with Crippen LogP contribution in [0.2, 0.25) is 5.02 Å². The molecule has 0 aliphatic heterocycles. The molecule has 2 aromatic rings. The molecule has 1 heterocycles. The fourth-order valence-electron chi connectivity index (χ4n) is 1.76. The second-order valence-corrected chi connectivity index (χ2v) is 5.10. The lowest BCUT2D eigenvalue weighted by atomic mass is 10.2. The van der Waals surface area contributed by atoms with Gasteiger partial charge in [-0.1, -0.05) is 35.9 Å². The van der Waals surface area contributed by atoms with Crippen molar-refractivity contribution in [2.24, 2.45) is 0 Å². The van der Waals surface area contributed by atoms with Crippen molar-refractivity contribution in [3.05, 3.63) is 46.7 Å². The first-order valence-corrected chi connectivity index (χ1v) is 7.05. The summed E-state index contributed by atoms with van der Waals surface area (Å²) in [7, 11) is 0. The zero-order valence-corrected chi connectivity index (χ0v) is 12.4. The normalized spacial score (nSPS) is 12.1. The van der Waals surface area contributed by atoms with Crippen molar-refractivity contribution in [3.63, 3.8) is 0 Å². The molecule has 0 spiro atoms. The Hall–Kier alpha value is -1.92. The molecule has 2 rings (SSSR count). The van der Waals surface area contributed by atoms with E-state index in [9.17, 15) is 9.90 Å². The average molecular weight is 309 g/mol. The number of nitrogens with zero attached hydrogens (tertiary/aromatic N) is 3. The number of halogens is 1. The Balaban J connectivity index is 1.84. The van der Waals surface area contributed by atoms with Gasteiger partial charge in [-0.25, -0.2) is 4.68 Å². The molecule has 6 nitrogen and oxygen atoms in total. The predicted octanol–water partition coefficient (Wildman–Crippen LogP) is 1.69. The number of rotatable bonds is 6. The molecule has 112 valence electrons. The van der Waals surface area contributed by atoms with Gasteiger partial charge in [0.2, 0.25) is 5.91 Å². The SMILES string of the molecule is CCC(O)c1cn(CC(=O)NCc2ccc(Cl)cc2)nn1. The minimum atomic E-state index is -0.643. The van der Waals surface area contributed by atoms with Crippen LogP contribution in [0.5, 0.6) is 0 Å². The zero-order chi connectivity index (χ0) is 15.2. The van der Waals surface area contributed by atoms with Gasteiger partial charge in [-0.2, -0.15) is 0 Å². The maximum atomic E-state index is 11.8. The number of benzene rings is 1. The van der Waals surface area contributed by atoms with Gasteiger partial charge in [0.25, 0.3) is 0 Å². The Morgan fingerprint density at radius 2 is 2.14 bits per heavy atom. The van der Waals surface area contributed by atoms with Gasteiger partial charge in [0.15, 0.2) is 0 Å². The van der Waals surface area contributed by atoms with Crippen molar-refractivity contribution in [1.82, 2.24) is 20.3 Å². The minimum absolute atomic E-state index is 0.0665.